The second-order valence-corrected chi connectivity index (χ2v) is 5.37. The molecule has 1 aromatic heterocycles. The number of hydrogen-bond acceptors (Lipinski definition) is 5. The Labute approximate surface area is 115 Å². The van der Waals surface area contributed by atoms with Crippen LogP contribution in [-0.2, 0) is 11.2 Å². The van der Waals surface area contributed by atoms with Crippen LogP contribution in [0.15, 0.2) is 12.4 Å². The predicted molar refractivity (Wildman–Crippen MR) is 76.5 cm³/mol. The number of rotatable bonds is 4. The molecule has 1 aliphatic rings. The first-order valence-electron chi connectivity index (χ1n) is 6.97. The second-order valence-electron chi connectivity index (χ2n) is 5.37. The van der Waals surface area contributed by atoms with Gasteiger partial charge < -0.3 is 14.5 Å². The van der Waals surface area contributed by atoms with E-state index in [9.17, 15) is 0 Å². The van der Waals surface area contributed by atoms with E-state index < -0.39 is 0 Å². The molecule has 1 aliphatic heterocycles. The third kappa shape index (κ3) is 4.14. The molecule has 0 radical (unpaired) electrons. The summed E-state index contributed by atoms with van der Waals surface area (Å²) >= 11 is 0. The Morgan fingerprint density at radius 2 is 2.26 bits per heavy atom. The van der Waals surface area contributed by atoms with Crippen LogP contribution in [0.2, 0.25) is 0 Å². The summed E-state index contributed by atoms with van der Waals surface area (Å²) in [5.74, 6) is 1.55. The third-order valence-electron chi connectivity index (χ3n) is 3.36. The lowest BCUT2D eigenvalue weighted by Crippen LogP contribution is -2.35. The molecule has 2 rings (SSSR count). The molecule has 0 spiro atoms. The van der Waals surface area contributed by atoms with Crippen LogP contribution >= 0.6 is 0 Å². The van der Waals surface area contributed by atoms with Gasteiger partial charge in [0.25, 0.3) is 0 Å². The molecule has 1 fully saturated rings. The monoisotopic (exact) mass is 264 g/mol. The molecule has 1 aromatic rings. The summed E-state index contributed by atoms with van der Waals surface area (Å²) in [4.78, 5) is 13.2. The standard InChI is InChI=1S/C14H24N4O/c1-4-13-7-14(16-11-15-13)18-5-6-19-10-12(9-18)8-17(2)3/h7,11-12H,4-6,8-10H2,1-3H3. The van der Waals surface area contributed by atoms with Crippen molar-refractivity contribution in [3.05, 3.63) is 18.1 Å². The summed E-state index contributed by atoms with van der Waals surface area (Å²) in [5.41, 5.74) is 1.10. The van der Waals surface area contributed by atoms with Crippen molar-refractivity contribution in [3.63, 3.8) is 0 Å². The Bertz CT molecular complexity index is 397. The van der Waals surface area contributed by atoms with Crippen LogP contribution in [0.4, 0.5) is 5.82 Å². The lowest BCUT2D eigenvalue weighted by Gasteiger charge is -2.26. The normalized spacial score (nSPS) is 20.6. The SMILES string of the molecule is CCc1cc(N2CCOCC(CN(C)C)C2)ncn1. The van der Waals surface area contributed by atoms with Crippen molar-refractivity contribution < 1.29 is 4.74 Å². The molecule has 0 bridgehead atoms. The molecule has 106 valence electrons. The van der Waals surface area contributed by atoms with Crippen molar-refractivity contribution >= 4 is 5.82 Å². The Hall–Kier alpha value is -1.20. The van der Waals surface area contributed by atoms with Crippen molar-refractivity contribution in [2.45, 2.75) is 13.3 Å². The van der Waals surface area contributed by atoms with Gasteiger partial charge in [-0.25, -0.2) is 9.97 Å². The van der Waals surface area contributed by atoms with Crippen LogP contribution in [0, 0.1) is 5.92 Å². The first-order valence-corrected chi connectivity index (χ1v) is 6.97. The summed E-state index contributed by atoms with van der Waals surface area (Å²) in [6.45, 7) is 6.67. The highest BCUT2D eigenvalue weighted by Gasteiger charge is 2.20. The number of anilines is 1. The van der Waals surface area contributed by atoms with E-state index in [2.05, 4.69) is 46.9 Å². The van der Waals surface area contributed by atoms with Gasteiger partial charge in [-0.05, 0) is 20.5 Å². The molecule has 5 nitrogen and oxygen atoms in total. The van der Waals surface area contributed by atoms with E-state index in [1.54, 1.807) is 6.33 Å². The highest BCUT2D eigenvalue weighted by atomic mass is 16.5. The van der Waals surface area contributed by atoms with Crippen molar-refractivity contribution in [3.8, 4) is 0 Å². The van der Waals surface area contributed by atoms with Gasteiger partial charge in [0, 0.05) is 37.3 Å². The van der Waals surface area contributed by atoms with Gasteiger partial charge in [-0.1, -0.05) is 6.92 Å². The van der Waals surface area contributed by atoms with Crippen molar-refractivity contribution in [1.82, 2.24) is 14.9 Å². The number of nitrogens with zero attached hydrogens (tertiary/aromatic N) is 4. The van der Waals surface area contributed by atoms with Crippen LogP contribution in [-0.4, -0.2) is 61.8 Å². The molecule has 0 saturated carbocycles. The molecule has 2 heterocycles. The molecule has 1 unspecified atom stereocenters. The van der Waals surface area contributed by atoms with Gasteiger partial charge in [0.1, 0.15) is 12.1 Å². The van der Waals surface area contributed by atoms with E-state index >= 15 is 0 Å². The molecule has 0 aliphatic carbocycles. The minimum absolute atomic E-state index is 0.526. The molecule has 0 aromatic carbocycles. The molecular weight excluding hydrogens is 240 g/mol. The van der Waals surface area contributed by atoms with E-state index in [4.69, 9.17) is 4.74 Å². The van der Waals surface area contributed by atoms with E-state index in [1.165, 1.54) is 0 Å². The van der Waals surface area contributed by atoms with Gasteiger partial charge in [-0.2, -0.15) is 0 Å². The second kappa shape index (κ2) is 6.82. The third-order valence-corrected chi connectivity index (χ3v) is 3.36. The highest BCUT2D eigenvalue weighted by Crippen LogP contribution is 2.16. The van der Waals surface area contributed by atoms with E-state index in [0.717, 1.165) is 50.8 Å². The largest absolute Gasteiger partial charge is 0.379 e. The van der Waals surface area contributed by atoms with E-state index in [1.807, 2.05) is 0 Å². The van der Waals surface area contributed by atoms with Gasteiger partial charge in [-0.15, -0.1) is 0 Å². The number of hydrogen-bond donors (Lipinski definition) is 0. The molecule has 5 heteroatoms. The van der Waals surface area contributed by atoms with Crippen LogP contribution in [0.5, 0.6) is 0 Å². The summed E-state index contributed by atoms with van der Waals surface area (Å²) in [5, 5.41) is 0. The summed E-state index contributed by atoms with van der Waals surface area (Å²) in [6, 6.07) is 2.10. The van der Waals surface area contributed by atoms with Crippen LogP contribution in [0.25, 0.3) is 0 Å². The maximum Gasteiger partial charge on any atom is 0.132 e. The lowest BCUT2D eigenvalue weighted by molar-refractivity contribution is 0.113. The average Bonchev–Trinajstić information content (AvgIpc) is 2.64. The molecule has 1 saturated heterocycles. The summed E-state index contributed by atoms with van der Waals surface area (Å²) in [6.07, 6.45) is 2.61. The predicted octanol–water partition coefficient (Wildman–Crippen LogP) is 1.05. The quantitative estimate of drug-likeness (QED) is 0.813. The van der Waals surface area contributed by atoms with Crippen molar-refractivity contribution in [1.29, 1.82) is 0 Å². The fraction of sp³-hybridized carbons (Fsp3) is 0.714. The van der Waals surface area contributed by atoms with E-state index in [0.29, 0.717) is 5.92 Å². The topological polar surface area (TPSA) is 41.5 Å². The van der Waals surface area contributed by atoms with Gasteiger partial charge >= 0.3 is 0 Å². The smallest absolute Gasteiger partial charge is 0.132 e. The average molecular weight is 264 g/mol. The van der Waals surface area contributed by atoms with Crippen LogP contribution < -0.4 is 4.90 Å². The fourth-order valence-corrected chi connectivity index (χ4v) is 2.47. The summed E-state index contributed by atoms with van der Waals surface area (Å²) < 4.78 is 5.70. The minimum Gasteiger partial charge on any atom is -0.379 e. The number of ether oxygens (including phenoxy) is 1. The molecular formula is C14H24N4O. The number of aromatic nitrogens is 2. The minimum atomic E-state index is 0.526. The van der Waals surface area contributed by atoms with Gasteiger partial charge in [0.05, 0.1) is 13.2 Å². The molecule has 1 atom stereocenters. The Kier molecular flexibility index (Phi) is 5.10. The molecule has 0 N–H and O–H groups in total. The first-order chi connectivity index (χ1) is 9.19. The van der Waals surface area contributed by atoms with Gasteiger partial charge in [0.2, 0.25) is 0 Å². The molecule has 19 heavy (non-hydrogen) atoms. The fourth-order valence-electron chi connectivity index (χ4n) is 2.47. The number of aryl methyl sites for hydroxylation is 1. The first kappa shape index (κ1) is 14.2. The van der Waals surface area contributed by atoms with E-state index in [-0.39, 0.29) is 0 Å². The molecule has 0 amide bonds. The zero-order valence-corrected chi connectivity index (χ0v) is 12.2. The van der Waals surface area contributed by atoms with Gasteiger partial charge in [-0.3, -0.25) is 0 Å². The van der Waals surface area contributed by atoms with Gasteiger partial charge in [0.15, 0.2) is 0 Å². The maximum atomic E-state index is 5.70. The highest BCUT2D eigenvalue weighted by molar-refractivity contribution is 5.39. The Morgan fingerprint density at radius 1 is 1.42 bits per heavy atom. The Morgan fingerprint density at radius 3 is 3.00 bits per heavy atom. The van der Waals surface area contributed by atoms with Crippen LogP contribution in [0.1, 0.15) is 12.6 Å². The Balaban J connectivity index is 2.08. The summed E-state index contributed by atoms with van der Waals surface area (Å²) in [7, 11) is 4.21. The van der Waals surface area contributed by atoms with Crippen molar-refractivity contribution in [2.24, 2.45) is 5.92 Å². The maximum absolute atomic E-state index is 5.70. The zero-order valence-electron chi connectivity index (χ0n) is 12.2. The lowest BCUT2D eigenvalue weighted by atomic mass is 10.1. The van der Waals surface area contributed by atoms with Crippen LogP contribution in [0.3, 0.4) is 0 Å². The van der Waals surface area contributed by atoms with Crippen molar-refractivity contribution in [2.75, 3.05) is 51.8 Å². The zero-order chi connectivity index (χ0) is 13.7.